The second-order valence-corrected chi connectivity index (χ2v) is 11.0. The molecule has 4 heterocycles. The number of hydrogen-bond donors (Lipinski definition) is 2. The number of ether oxygens (including phenoxy) is 2. The lowest BCUT2D eigenvalue weighted by Gasteiger charge is -2.31. The minimum absolute atomic E-state index is 0.0227. The molecule has 12 heteroatoms. The van der Waals surface area contributed by atoms with E-state index in [0.29, 0.717) is 64.7 Å². The summed E-state index contributed by atoms with van der Waals surface area (Å²) < 4.78 is 26.2. The molecule has 2 N–H and O–H groups in total. The molecular weight excluding hydrogens is 573 g/mol. The van der Waals surface area contributed by atoms with Gasteiger partial charge >= 0.3 is 6.03 Å². The molecule has 0 bridgehead atoms. The summed E-state index contributed by atoms with van der Waals surface area (Å²) in [6.07, 6.45) is 3.06. The highest BCUT2D eigenvalue weighted by molar-refractivity contribution is 7.21. The van der Waals surface area contributed by atoms with Gasteiger partial charge in [0.25, 0.3) is 5.91 Å². The van der Waals surface area contributed by atoms with Crippen molar-refractivity contribution < 1.29 is 28.2 Å². The maximum atomic E-state index is 15.4. The molecule has 0 radical (unpaired) electrons. The number of nitrogens with one attached hydrogen (secondary N) is 2. The van der Waals surface area contributed by atoms with E-state index in [1.165, 1.54) is 23.2 Å². The lowest BCUT2D eigenvalue weighted by molar-refractivity contribution is -0.130. The monoisotopic (exact) mass is 601 g/mol. The predicted molar refractivity (Wildman–Crippen MR) is 161 cm³/mol. The van der Waals surface area contributed by atoms with Crippen LogP contribution in [0.15, 0.2) is 72.2 Å². The molecule has 10 nitrogen and oxygen atoms in total. The number of nitrogens with zero attached hydrogens (tertiary/aromatic N) is 3. The van der Waals surface area contributed by atoms with Crippen molar-refractivity contribution in [1.29, 1.82) is 0 Å². The third-order valence-corrected chi connectivity index (χ3v) is 8.42. The van der Waals surface area contributed by atoms with Crippen LogP contribution in [0.5, 0.6) is 11.5 Å². The highest BCUT2D eigenvalue weighted by Crippen LogP contribution is 2.46. The van der Waals surface area contributed by atoms with Crippen LogP contribution in [0.25, 0.3) is 10.2 Å². The van der Waals surface area contributed by atoms with Gasteiger partial charge in [0.1, 0.15) is 21.2 Å². The van der Waals surface area contributed by atoms with Crippen molar-refractivity contribution in [2.24, 2.45) is 0 Å². The van der Waals surface area contributed by atoms with Gasteiger partial charge in [0.05, 0.1) is 35.5 Å². The molecule has 2 aliphatic heterocycles. The van der Waals surface area contributed by atoms with Gasteiger partial charge < -0.3 is 25.0 Å². The molecule has 220 valence electrons. The summed E-state index contributed by atoms with van der Waals surface area (Å²) in [7, 11) is 1.54. The van der Waals surface area contributed by atoms with Crippen LogP contribution in [0.2, 0.25) is 0 Å². The van der Waals surface area contributed by atoms with Crippen LogP contribution in [0.3, 0.4) is 0 Å². The number of methoxy groups -OCH3 is 1. The number of amides is 4. The molecule has 0 atom stereocenters. The van der Waals surface area contributed by atoms with Crippen LogP contribution < -0.4 is 20.3 Å². The van der Waals surface area contributed by atoms with Crippen molar-refractivity contribution in [2.45, 2.75) is 26.2 Å². The number of carbonyl (C=O) groups is 3. The topological polar surface area (TPSA) is 113 Å². The Morgan fingerprint density at radius 2 is 1.93 bits per heavy atom. The molecule has 2 aliphatic rings. The van der Waals surface area contributed by atoms with Crippen LogP contribution in [0, 0.1) is 5.82 Å². The van der Waals surface area contributed by atoms with Gasteiger partial charge in [-0.25, -0.2) is 14.2 Å². The smallest absolute Gasteiger partial charge is 0.331 e. The number of urea groups is 1. The molecule has 43 heavy (non-hydrogen) atoms. The number of rotatable bonds is 8. The van der Waals surface area contributed by atoms with Gasteiger partial charge in [-0.1, -0.05) is 18.2 Å². The maximum absolute atomic E-state index is 15.4. The van der Waals surface area contributed by atoms with Gasteiger partial charge in [-0.3, -0.25) is 14.5 Å². The molecule has 2 aromatic carbocycles. The van der Waals surface area contributed by atoms with E-state index in [2.05, 4.69) is 15.6 Å². The van der Waals surface area contributed by atoms with E-state index in [9.17, 15) is 14.4 Å². The average Bonchev–Trinajstić information content (AvgIpc) is 3.38. The number of thiophene rings is 1. The average molecular weight is 602 g/mol. The van der Waals surface area contributed by atoms with Crippen molar-refractivity contribution in [1.82, 2.24) is 15.2 Å². The Labute approximate surface area is 250 Å². The predicted octanol–water partition coefficient (Wildman–Crippen LogP) is 6.53. The number of benzene rings is 2. The molecule has 4 aromatic rings. The Hall–Kier alpha value is -4.81. The molecule has 0 saturated heterocycles. The standard InChI is InChI=1S/C31H28FN5O5S/c1-18-22(9-6-15-36(18)25(38)13-16-41-2)34-29(39)28-27-26-24(12-14-33-30(26)43-28)37(31(40)35-27)23-11-10-20(17-21(23)32)42-19-7-4-3-5-8-19/h3-5,7-8,10-12,14,17H,6,9,13,15-16H2,1-2H3,(H,34,39)(H,35,40). The fraction of sp³-hybridized carbons (Fsp3) is 0.226. The summed E-state index contributed by atoms with van der Waals surface area (Å²) in [4.78, 5) is 47.7. The third-order valence-electron chi connectivity index (χ3n) is 7.33. The van der Waals surface area contributed by atoms with Crippen molar-refractivity contribution in [3.63, 3.8) is 0 Å². The van der Waals surface area contributed by atoms with Gasteiger partial charge in [0, 0.05) is 37.3 Å². The van der Waals surface area contributed by atoms with E-state index in [1.807, 2.05) is 18.2 Å². The molecule has 0 unspecified atom stereocenters. The van der Waals surface area contributed by atoms with Gasteiger partial charge in [-0.2, -0.15) is 0 Å². The van der Waals surface area contributed by atoms with Crippen LogP contribution in [-0.2, 0) is 9.53 Å². The highest BCUT2D eigenvalue weighted by Gasteiger charge is 2.34. The number of aromatic nitrogens is 1. The third kappa shape index (κ3) is 5.42. The first-order valence-electron chi connectivity index (χ1n) is 13.7. The molecule has 0 aliphatic carbocycles. The normalized spacial score (nSPS) is 14.6. The van der Waals surface area contributed by atoms with E-state index in [4.69, 9.17) is 9.47 Å². The highest BCUT2D eigenvalue weighted by atomic mass is 32.1. The first-order valence-corrected chi connectivity index (χ1v) is 14.5. The van der Waals surface area contributed by atoms with Crippen molar-refractivity contribution in [2.75, 3.05) is 30.5 Å². The number of para-hydroxylation sites is 1. The number of allylic oxidation sites excluding steroid dienone is 2. The summed E-state index contributed by atoms with van der Waals surface area (Å²) in [5.41, 5.74) is 2.06. The summed E-state index contributed by atoms with van der Waals surface area (Å²) in [5.74, 6) is -0.317. The van der Waals surface area contributed by atoms with Crippen LogP contribution in [-0.4, -0.2) is 48.0 Å². The Bertz CT molecular complexity index is 1770. The molecule has 0 saturated carbocycles. The zero-order valence-corrected chi connectivity index (χ0v) is 24.3. The summed E-state index contributed by atoms with van der Waals surface area (Å²) >= 11 is 1.13. The van der Waals surface area contributed by atoms with E-state index in [1.54, 1.807) is 43.2 Å². The van der Waals surface area contributed by atoms with Gasteiger partial charge in [-0.15, -0.1) is 11.3 Å². The molecular formula is C31H28FN5O5S. The van der Waals surface area contributed by atoms with E-state index < -0.39 is 17.8 Å². The summed E-state index contributed by atoms with van der Waals surface area (Å²) in [6, 6.07) is 14.3. The lowest BCUT2D eigenvalue weighted by Crippen LogP contribution is -2.38. The zero-order valence-electron chi connectivity index (χ0n) is 23.5. The molecule has 2 aromatic heterocycles. The Morgan fingerprint density at radius 1 is 1.12 bits per heavy atom. The Kier molecular flexibility index (Phi) is 7.78. The minimum atomic E-state index is -0.658. The summed E-state index contributed by atoms with van der Waals surface area (Å²) in [5, 5.41) is 6.28. The SMILES string of the molecule is COCCC(=O)N1CCCC(NC(=O)c2sc3nccc4c3c2NC(=O)N4c2ccc(Oc3ccccc3)cc2F)=C1C. The number of carbonyl (C=O) groups excluding carboxylic acids is 3. The number of halogens is 1. The largest absolute Gasteiger partial charge is 0.457 e. The first-order chi connectivity index (χ1) is 20.9. The summed E-state index contributed by atoms with van der Waals surface area (Å²) in [6.45, 7) is 2.69. The van der Waals surface area contributed by atoms with Crippen LogP contribution in [0.4, 0.5) is 26.2 Å². The van der Waals surface area contributed by atoms with Crippen LogP contribution in [0.1, 0.15) is 35.9 Å². The van der Waals surface area contributed by atoms with Crippen LogP contribution >= 0.6 is 11.3 Å². The van der Waals surface area contributed by atoms with Crippen molar-refractivity contribution in [3.05, 3.63) is 82.9 Å². The number of hydrogen-bond acceptors (Lipinski definition) is 7. The molecule has 0 fully saturated rings. The van der Waals surface area contributed by atoms with E-state index in [-0.39, 0.29) is 28.6 Å². The first kappa shape index (κ1) is 28.3. The minimum Gasteiger partial charge on any atom is -0.457 e. The van der Waals surface area contributed by atoms with Gasteiger partial charge in [0.15, 0.2) is 5.82 Å². The molecule has 6 rings (SSSR count). The second kappa shape index (κ2) is 11.8. The Morgan fingerprint density at radius 3 is 2.70 bits per heavy atom. The van der Waals surface area contributed by atoms with Crippen molar-refractivity contribution >= 4 is 56.5 Å². The molecule has 0 spiro atoms. The fourth-order valence-corrected chi connectivity index (χ4v) is 6.26. The van der Waals surface area contributed by atoms with Gasteiger partial charge in [0.2, 0.25) is 5.91 Å². The second-order valence-electron chi connectivity index (χ2n) is 10.0. The number of anilines is 3. The van der Waals surface area contributed by atoms with Gasteiger partial charge in [-0.05, 0) is 50.1 Å². The van der Waals surface area contributed by atoms with E-state index in [0.717, 1.165) is 11.3 Å². The fourth-order valence-electron chi connectivity index (χ4n) is 5.25. The lowest BCUT2D eigenvalue weighted by atomic mass is 10.1. The maximum Gasteiger partial charge on any atom is 0.331 e. The Balaban J connectivity index is 1.30. The van der Waals surface area contributed by atoms with E-state index >= 15 is 4.39 Å². The number of pyridine rings is 1. The quantitative estimate of drug-likeness (QED) is 0.237. The van der Waals surface area contributed by atoms with Crippen molar-refractivity contribution in [3.8, 4) is 11.5 Å². The zero-order chi connectivity index (χ0) is 30.1. The molecule has 4 amide bonds.